The number of ether oxygens (including phenoxy) is 2. The van der Waals surface area contributed by atoms with Crippen molar-refractivity contribution in [3.63, 3.8) is 0 Å². The minimum atomic E-state index is -0.614. The molecule has 3 aromatic rings. The number of carbonyl (C=O) groups is 2. The van der Waals surface area contributed by atoms with Crippen molar-refractivity contribution in [3.05, 3.63) is 66.4 Å². The number of nitrogens with zero attached hydrogens (tertiary/aromatic N) is 1. The fraction of sp³-hybridized carbons (Fsp3) is 0.217. The lowest BCUT2D eigenvalue weighted by molar-refractivity contribution is -0.140. The molecule has 0 bridgehead atoms. The zero-order valence-corrected chi connectivity index (χ0v) is 16.8. The van der Waals surface area contributed by atoms with Crippen LogP contribution < -0.4 is 5.32 Å². The predicted octanol–water partition coefficient (Wildman–Crippen LogP) is 4.27. The molecule has 0 saturated carbocycles. The van der Waals surface area contributed by atoms with Crippen molar-refractivity contribution >= 4 is 28.5 Å². The van der Waals surface area contributed by atoms with Crippen molar-refractivity contribution in [1.29, 1.82) is 0 Å². The summed E-state index contributed by atoms with van der Waals surface area (Å²) in [5, 5.41) is 3.98. The van der Waals surface area contributed by atoms with E-state index in [1.807, 2.05) is 55.6 Å². The Balaban J connectivity index is 2.04. The van der Waals surface area contributed by atoms with Crippen molar-refractivity contribution < 1.29 is 19.1 Å². The zero-order valence-electron chi connectivity index (χ0n) is 16.8. The van der Waals surface area contributed by atoms with Crippen LogP contribution in [-0.4, -0.2) is 29.7 Å². The summed E-state index contributed by atoms with van der Waals surface area (Å²) >= 11 is 0. The van der Waals surface area contributed by atoms with Gasteiger partial charge in [-0.2, -0.15) is 0 Å². The van der Waals surface area contributed by atoms with Crippen LogP contribution in [0.15, 0.2) is 66.4 Å². The summed E-state index contributed by atoms with van der Waals surface area (Å²) in [5.41, 5.74) is 3.85. The number of anilines is 1. The Labute approximate surface area is 169 Å². The van der Waals surface area contributed by atoms with Crippen molar-refractivity contribution in [3.8, 4) is 11.3 Å². The lowest BCUT2D eigenvalue weighted by atomic mass is 10.1. The molecule has 1 N–H and O–H groups in total. The third-order valence-electron chi connectivity index (χ3n) is 4.47. The summed E-state index contributed by atoms with van der Waals surface area (Å²) in [7, 11) is 2.00. The van der Waals surface area contributed by atoms with Gasteiger partial charge in [-0.15, -0.1) is 0 Å². The van der Waals surface area contributed by atoms with Gasteiger partial charge in [0.15, 0.2) is 0 Å². The maximum Gasteiger partial charge on any atom is 0.355 e. The Hall–Kier alpha value is -3.54. The smallest absolute Gasteiger partial charge is 0.355 e. The number of benzene rings is 2. The number of rotatable bonds is 7. The first kappa shape index (κ1) is 20.2. The van der Waals surface area contributed by atoms with E-state index < -0.39 is 11.9 Å². The fourth-order valence-corrected chi connectivity index (χ4v) is 3.16. The van der Waals surface area contributed by atoms with E-state index in [2.05, 4.69) is 16.0 Å². The summed E-state index contributed by atoms with van der Waals surface area (Å²) in [4.78, 5) is 24.3. The molecule has 0 fully saturated rings. The van der Waals surface area contributed by atoms with Crippen molar-refractivity contribution in [1.82, 2.24) is 4.57 Å². The van der Waals surface area contributed by atoms with E-state index in [1.54, 1.807) is 13.8 Å². The van der Waals surface area contributed by atoms with Crippen LogP contribution in [0, 0.1) is 0 Å². The van der Waals surface area contributed by atoms with Crippen molar-refractivity contribution in [2.45, 2.75) is 13.8 Å². The summed E-state index contributed by atoms with van der Waals surface area (Å²) in [6.07, 6.45) is 1.13. The Morgan fingerprint density at radius 3 is 2.41 bits per heavy atom. The van der Waals surface area contributed by atoms with Gasteiger partial charge >= 0.3 is 11.9 Å². The Kier molecular flexibility index (Phi) is 6.34. The van der Waals surface area contributed by atoms with Crippen LogP contribution in [0.2, 0.25) is 0 Å². The molecular formula is C23H24N2O4. The van der Waals surface area contributed by atoms with Gasteiger partial charge in [-0.25, -0.2) is 9.59 Å². The van der Waals surface area contributed by atoms with Gasteiger partial charge < -0.3 is 19.4 Å². The molecule has 0 unspecified atom stereocenters. The molecule has 2 aromatic carbocycles. The monoisotopic (exact) mass is 392 g/mol. The van der Waals surface area contributed by atoms with Crippen molar-refractivity contribution in [2.75, 3.05) is 18.5 Å². The molecule has 0 aliphatic rings. The van der Waals surface area contributed by atoms with Crippen LogP contribution in [0.5, 0.6) is 0 Å². The highest BCUT2D eigenvalue weighted by molar-refractivity contribution is 6.03. The van der Waals surface area contributed by atoms with Gasteiger partial charge in [0, 0.05) is 23.8 Å². The van der Waals surface area contributed by atoms with Crippen LogP contribution in [0.4, 0.5) is 5.69 Å². The van der Waals surface area contributed by atoms with Crippen molar-refractivity contribution in [2.24, 2.45) is 7.05 Å². The predicted molar refractivity (Wildman–Crippen MR) is 113 cm³/mol. The molecule has 0 radical (unpaired) electrons. The first-order valence-corrected chi connectivity index (χ1v) is 9.51. The highest BCUT2D eigenvalue weighted by Crippen LogP contribution is 2.32. The molecule has 1 aromatic heterocycles. The molecule has 1 heterocycles. The van der Waals surface area contributed by atoms with Crippen LogP contribution in [-0.2, 0) is 26.1 Å². The van der Waals surface area contributed by atoms with E-state index in [0.29, 0.717) is 5.69 Å². The second kappa shape index (κ2) is 9.10. The number of aryl methyl sites for hydroxylation is 1. The number of fused-ring (bicyclic) bond motifs is 1. The van der Waals surface area contributed by atoms with Gasteiger partial charge in [0.1, 0.15) is 5.70 Å². The maximum atomic E-state index is 12.4. The third-order valence-corrected chi connectivity index (χ3v) is 4.47. The molecule has 29 heavy (non-hydrogen) atoms. The van der Waals surface area contributed by atoms with E-state index in [4.69, 9.17) is 9.47 Å². The highest BCUT2D eigenvalue weighted by Gasteiger charge is 2.17. The summed E-state index contributed by atoms with van der Waals surface area (Å²) in [6.45, 7) is 3.84. The van der Waals surface area contributed by atoms with Gasteiger partial charge in [-0.05, 0) is 37.6 Å². The molecule has 0 atom stereocenters. The standard InChI is InChI=1S/C23H24N2O4/c1-4-28-22(26)15-19(23(27)29-5-2)24-18-12-9-13-20-17(18)14-21(25(20)3)16-10-7-6-8-11-16/h6-15,24H,4-5H2,1-3H3. The molecule has 0 aliphatic heterocycles. The number of hydrogen-bond donors (Lipinski definition) is 1. The minimum absolute atomic E-state index is 0.0305. The largest absolute Gasteiger partial charge is 0.463 e. The normalized spacial score (nSPS) is 11.3. The Bertz CT molecular complexity index is 1050. The highest BCUT2D eigenvalue weighted by atomic mass is 16.5. The van der Waals surface area contributed by atoms with E-state index in [1.165, 1.54) is 0 Å². The third kappa shape index (κ3) is 4.48. The van der Waals surface area contributed by atoms with Gasteiger partial charge in [0.2, 0.25) is 0 Å². The maximum absolute atomic E-state index is 12.4. The van der Waals surface area contributed by atoms with Crippen LogP contribution >= 0.6 is 0 Å². The molecule has 0 spiro atoms. The number of nitrogens with one attached hydrogen (secondary N) is 1. The molecule has 6 heteroatoms. The first-order valence-electron chi connectivity index (χ1n) is 9.51. The second-order valence-electron chi connectivity index (χ2n) is 6.35. The van der Waals surface area contributed by atoms with Crippen LogP contribution in [0.3, 0.4) is 0 Å². The van der Waals surface area contributed by atoms with Gasteiger partial charge in [0.25, 0.3) is 0 Å². The molecule has 0 saturated heterocycles. The van der Waals surface area contributed by atoms with E-state index >= 15 is 0 Å². The van der Waals surface area contributed by atoms with Gasteiger partial charge in [-0.3, -0.25) is 0 Å². The van der Waals surface area contributed by atoms with E-state index in [-0.39, 0.29) is 18.9 Å². The molecule has 3 rings (SSSR count). The van der Waals surface area contributed by atoms with Crippen LogP contribution in [0.1, 0.15) is 13.8 Å². The fourth-order valence-electron chi connectivity index (χ4n) is 3.16. The topological polar surface area (TPSA) is 69.6 Å². The quantitative estimate of drug-likeness (QED) is 0.480. The number of aromatic nitrogens is 1. The summed E-state index contributed by atoms with van der Waals surface area (Å²) in [6, 6.07) is 17.9. The molecule has 0 amide bonds. The average Bonchev–Trinajstić information content (AvgIpc) is 3.06. The molecule has 6 nitrogen and oxygen atoms in total. The molecule has 150 valence electrons. The second-order valence-corrected chi connectivity index (χ2v) is 6.35. The van der Waals surface area contributed by atoms with Gasteiger partial charge in [0.05, 0.1) is 24.8 Å². The number of esters is 2. The lowest BCUT2D eigenvalue weighted by Crippen LogP contribution is -2.17. The summed E-state index contributed by atoms with van der Waals surface area (Å²) in [5.74, 6) is -1.22. The van der Waals surface area contributed by atoms with Crippen LogP contribution in [0.25, 0.3) is 22.2 Å². The summed E-state index contributed by atoms with van der Waals surface area (Å²) < 4.78 is 12.1. The number of hydrogen-bond acceptors (Lipinski definition) is 5. The van der Waals surface area contributed by atoms with E-state index in [9.17, 15) is 9.59 Å². The zero-order chi connectivity index (χ0) is 20.8. The molecule has 0 aliphatic carbocycles. The van der Waals surface area contributed by atoms with E-state index in [0.717, 1.165) is 28.2 Å². The Morgan fingerprint density at radius 1 is 1.00 bits per heavy atom. The minimum Gasteiger partial charge on any atom is -0.463 e. The van der Waals surface area contributed by atoms with Gasteiger partial charge in [-0.1, -0.05) is 36.4 Å². The molecular weight excluding hydrogens is 368 g/mol. The average molecular weight is 392 g/mol. The first-order chi connectivity index (χ1) is 14.0. The number of carbonyl (C=O) groups excluding carboxylic acids is 2. The Morgan fingerprint density at radius 2 is 1.72 bits per heavy atom. The SMILES string of the molecule is CCOC(=O)C=C(Nc1cccc2c1cc(-c1ccccc1)n2C)C(=O)OCC. The lowest BCUT2D eigenvalue weighted by Gasteiger charge is -2.11.